The lowest BCUT2D eigenvalue weighted by Gasteiger charge is -2.08. The highest BCUT2D eigenvalue weighted by Gasteiger charge is 2.13. The summed E-state index contributed by atoms with van der Waals surface area (Å²) in [4.78, 5) is 33.3. The molecule has 142 valence electrons. The van der Waals surface area contributed by atoms with Crippen LogP contribution in [-0.4, -0.2) is 23.3 Å². The number of amides is 2. The Kier molecular flexibility index (Phi) is 6.44. The second kappa shape index (κ2) is 8.95. The molecule has 2 aromatic carbocycles. The summed E-state index contributed by atoms with van der Waals surface area (Å²) in [7, 11) is 0. The summed E-state index contributed by atoms with van der Waals surface area (Å²) in [5.41, 5.74) is 6.19. The van der Waals surface area contributed by atoms with E-state index >= 15 is 0 Å². The number of aryl methyl sites for hydroxylation is 1. The zero-order valence-electron chi connectivity index (χ0n) is 14.8. The van der Waals surface area contributed by atoms with Gasteiger partial charge in [-0.25, -0.2) is 0 Å². The predicted octanol–water partition coefficient (Wildman–Crippen LogP) is 2.31. The minimum atomic E-state index is -0.645. The average Bonchev–Trinajstić information content (AvgIpc) is 2.66. The number of carbonyl (C=O) groups excluding carboxylic acids is 2. The zero-order valence-corrected chi connectivity index (χ0v) is 14.8. The molecule has 0 unspecified atom stereocenters. The van der Waals surface area contributed by atoms with E-state index in [1.54, 1.807) is 31.2 Å². The molecule has 0 aliphatic heterocycles. The van der Waals surface area contributed by atoms with E-state index < -0.39 is 16.7 Å². The molecular formula is C19H16N4O5. The molecule has 0 aromatic heterocycles. The van der Waals surface area contributed by atoms with E-state index in [-0.39, 0.29) is 17.9 Å². The number of primary amides is 1. The highest BCUT2D eigenvalue weighted by molar-refractivity contribution is 6.10. The molecule has 0 aliphatic rings. The van der Waals surface area contributed by atoms with Crippen molar-refractivity contribution in [3.05, 3.63) is 69.3 Å². The van der Waals surface area contributed by atoms with Gasteiger partial charge in [-0.3, -0.25) is 19.7 Å². The minimum Gasteiger partial charge on any atom is -0.484 e. The molecule has 2 amide bonds. The van der Waals surface area contributed by atoms with Crippen molar-refractivity contribution in [1.29, 1.82) is 5.26 Å². The van der Waals surface area contributed by atoms with Crippen molar-refractivity contribution < 1.29 is 19.2 Å². The lowest BCUT2D eigenvalue weighted by molar-refractivity contribution is -0.384. The van der Waals surface area contributed by atoms with Gasteiger partial charge < -0.3 is 15.8 Å². The van der Waals surface area contributed by atoms with Crippen molar-refractivity contribution in [3.8, 4) is 11.8 Å². The second-order valence-electron chi connectivity index (χ2n) is 5.70. The Morgan fingerprint density at radius 1 is 1.29 bits per heavy atom. The van der Waals surface area contributed by atoms with Crippen molar-refractivity contribution in [1.82, 2.24) is 0 Å². The normalized spacial score (nSPS) is 10.6. The highest BCUT2D eigenvalue weighted by atomic mass is 16.6. The lowest BCUT2D eigenvalue weighted by Crippen LogP contribution is -2.19. The number of hydrogen-bond donors (Lipinski definition) is 2. The fourth-order valence-corrected chi connectivity index (χ4v) is 2.22. The first-order chi connectivity index (χ1) is 13.3. The number of non-ortho nitro benzene ring substituents is 1. The summed E-state index contributed by atoms with van der Waals surface area (Å²) in [5.74, 6) is -0.831. The topological polar surface area (TPSA) is 148 Å². The van der Waals surface area contributed by atoms with Crippen LogP contribution in [-0.2, 0) is 9.59 Å². The molecule has 3 N–H and O–H groups in total. The molecule has 0 radical (unpaired) electrons. The number of carbonyl (C=O) groups is 2. The van der Waals surface area contributed by atoms with E-state index in [4.69, 9.17) is 10.5 Å². The summed E-state index contributed by atoms with van der Waals surface area (Å²) in [6, 6.07) is 12.2. The fraction of sp³-hybridized carbons (Fsp3) is 0.105. The maximum Gasteiger partial charge on any atom is 0.269 e. The SMILES string of the molecule is Cc1cc([N+](=O)[O-])ccc1NC(=O)C(C#N)=Cc1ccc(OCC(N)=O)cc1. The van der Waals surface area contributed by atoms with E-state index in [1.807, 2.05) is 6.07 Å². The van der Waals surface area contributed by atoms with Crippen LogP contribution in [0.25, 0.3) is 6.08 Å². The molecule has 0 atom stereocenters. The van der Waals surface area contributed by atoms with Gasteiger partial charge in [-0.05, 0) is 42.3 Å². The Labute approximate surface area is 160 Å². The van der Waals surface area contributed by atoms with Gasteiger partial charge in [0.2, 0.25) is 0 Å². The van der Waals surface area contributed by atoms with Gasteiger partial charge in [-0.2, -0.15) is 5.26 Å². The van der Waals surface area contributed by atoms with Crippen LogP contribution in [0.1, 0.15) is 11.1 Å². The highest BCUT2D eigenvalue weighted by Crippen LogP contribution is 2.22. The number of nitro groups is 1. The van der Waals surface area contributed by atoms with E-state index in [1.165, 1.54) is 24.3 Å². The second-order valence-corrected chi connectivity index (χ2v) is 5.70. The fourth-order valence-electron chi connectivity index (χ4n) is 2.22. The molecule has 28 heavy (non-hydrogen) atoms. The van der Waals surface area contributed by atoms with Crippen molar-refractivity contribution in [2.24, 2.45) is 5.73 Å². The molecule has 2 rings (SSSR count). The van der Waals surface area contributed by atoms with Gasteiger partial charge >= 0.3 is 0 Å². The van der Waals surface area contributed by atoms with Crippen LogP contribution in [0.3, 0.4) is 0 Å². The predicted molar refractivity (Wildman–Crippen MR) is 101 cm³/mol. The summed E-state index contributed by atoms with van der Waals surface area (Å²) >= 11 is 0. The van der Waals surface area contributed by atoms with Crippen LogP contribution in [0.2, 0.25) is 0 Å². The third-order valence-corrected chi connectivity index (χ3v) is 3.61. The van der Waals surface area contributed by atoms with E-state index in [2.05, 4.69) is 5.32 Å². The molecule has 2 aromatic rings. The van der Waals surface area contributed by atoms with E-state index in [0.29, 0.717) is 22.6 Å². The first-order valence-corrected chi connectivity index (χ1v) is 7.99. The summed E-state index contributed by atoms with van der Waals surface area (Å²) in [6.07, 6.45) is 1.38. The third-order valence-electron chi connectivity index (χ3n) is 3.61. The van der Waals surface area contributed by atoms with Gasteiger partial charge in [0, 0.05) is 17.8 Å². The Morgan fingerprint density at radius 2 is 1.96 bits per heavy atom. The molecular weight excluding hydrogens is 364 g/mol. The number of nitrogens with two attached hydrogens (primary N) is 1. The quantitative estimate of drug-likeness (QED) is 0.326. The van der Waals surface area contributed by atoms with Crippen LogP contribution in [0.15, 0.2) is 48.0 Å². The zero-order chi connectivity index (χ0) is 20.7. The first kappa shape index (κ1) is 20.1. The number of rotatable bonds is 7. The van der Waals surface area contributed by atoms with Crippen LogP contribution in [0, 0.1) is 28.4 Å². The van der Waals surface area contributed by atoms with Gasteiger partial charge in [0.25, 0.3) is 17.5 Å². The van der Waals surface area contributed by atoms with Crippen LogP contribution < -0.4 is 15.8 Å². The number of nitro benzene ring substituents is 1. The molecule has 0 aliphatic carbocycles. The van der Waals surface area contributed by atoms with E-state index in [9.17, 15) is 25.0 Å². The van der Waals surface area contributed by atoms with Gasteiger partial charge in [0.05, 0.1) is 4.92 Å². The molecule has 0 bridgehead atoms. The molecule has 0 fully saturated rings. The Balaban J connectivity index is 2.14. The lowest BCUT2D eigenvalue weighted by atomic mass is 10.1. The largest absolute Gasteiger partial charge is 0.484 e. The average molecular weight is 380 g/mol. The van der Waals surface area contributed by atoms with Crippen molar-refractivity contribution in [3.63, 3.8) is 0 Å². The minimum absolute atomic E-state index is 0.0924. The Morgan fingerprint density at radius 3 is 2.50 bits per heavy atom. The number of nitriles is 1. The first-order valence-electron chi connectivity index (χ1n) is 7.99. The number of anilines is 1. The molecule has 9 nitrogen and oxygen atoms in total. The Bertz CT molecular complexity index is 990. The smallest absolute Gasteiger partial charge is 0.269 e. The molecule has 0 saturated heterocycles. The van der Waals surface area contributed by atoms with Crippen LogP contribution >= 0.6 is 0 Å². The van der Waals surface area contributed by atoms with Crippen molar-refractivity contribution in [2.45, 2.75) is 6.92 Å². The summed E-state index contributed by atoms with van der Waals surface area (Å²) in [5, 5.41) is 22.6. The summed E-state index contributed by atoms with van der Waals surface area (Å²) < 4.78 is 5.13. The third kappa shape index (κ3) is 5.40. The van der Waals surface area contributed by atoms with Crippen LogP contribution in [0.5, 0.6) is 5.75 Å². The van der Waals surface area contributed by atoms with Gasteiger partial charge in [-0.15, -0.1) is 0 Å². The number of hydrogen-bond acceptors (Lipinski definition) is 6. The number of nitrogens with one attached hydrogen (secondary N) is 1. The maximum absolute atomic E-state index is 12.4. The van der Waals surface area contributed by atoms with Crippen molar-refractivity contribution >= 4 is 29.3 Å². The number of ether oxygens (including phenoxy) is 1. The summed E-state index contributed by atoms with van der Waals surface area (Å²) in [6.45, 7) is 1.36. The standard InChI is InChI=1S/C19H16N4O5/c1-12-8-15(23(26)27)4-7-17(12)22-19(25)14(10-20)9-13-2-5-16(6-3-13)28-11-18(21)24/h2-9H,11H2,1H3,(H2,21,24)(H,22,25). The number of benzene rings is 2. The van der Waals surface area contributed by atoms with Crippen molar-refractivity contribution in [2.75, 3.05) is 11.9 Å². The van der Waals surface area contributed by atoms with E-state index in [0.717, 1.165) is 0 Å². The monoisotopic (exact) mass is 380 g/mol. The molecule has 0 saturated carbocycles. The van der Waals surface area contributed by atoms with Crippen LogP contribution in [0.4, 0.5) is 11.4 Å². The van der Waals surface area contributed by atoms with Gasteiger partial charge in [0.15, 0.2) is 6.61 Å². The molecule has 9 heteroatoms. The molecule has 0 spiro atoms. The van der Waals surface area contributed by atoms with Gasteiger partial charge in [-0.1, -0.05) is 12.1 Å². The maximum atomic E-state index is 12.4. The number of nitrogens with zero attached hydrogens (tertiary/aromatic N) is 2. The molecule has 0 heterocycles. The Hall–Kier alpha value is -4.19. The van der Waals surface area contributed by atoms with Gasteiger partial charge in [0.1, 0.15) is 17.4 Å².